The molecular weight excluding hydrogens is 965 g/mol. The Labute approximate surface area is 396 Å². The molecule has 0 radical (unpaired) electrons. The minimum absolute atomic E-state index is 0.0426. The Morgan fingerprint density at radius 2 is 0.597 bits per heavy atom. The molecule has 8 nitrogen and oxygen atoms in total. The summed E-state index contributed by atoms with van der Waals surface area (Å²) in [5.41, 5.74) is -6.30. The molecule has 0 unspecified atom stereocenters. The number of alkyl halides is 12. The second-order valence-corrected chi connectivity index (χ2v) is 16.5. The van der Waals surface area contributed by atoms with Gasteiger partial charge in [-0.25, -0.2) is 29.9 Å². The van der Waals surface area contributed by atoms with Gasteiger partial charge in [0.25, 0.3) is 0 Å². The molecule has 0 saturated carbocycles. The van der Waals surface area contributed by atoms with Gasteiger partial charge in [0, 0.05) is 44.2 Å². The van der Waals surface area contributed by atoms with E-state index in [0.29, 0.717) is 21.9 Å². The Kier molecular flexibility index (Phi) is 10.5. The molecule has 3 aromatic heterocycles. The third kappa shape index (κ3) is 8.16. The molecule has 0 fully saturated rings. The van der Waals surface area contributed by atoms with Crippen LogP contribution in [0.5, 0.6) is 0 Å². The van der Waals surface area contributed by atoms with Crippen LogP contribution in [0.4, 0.5) is 52.7 Å². The highest BCUT2D eigenvalue weighted by molar-refractivity contribution is 6.08. The Balaban J connectivity index is 1.38. The van der Waals surface area contributed by atoms with E-state index in [9.17, 15) is 52.7 Å². The summed E-state index contributed by atoms with van der Waals surface area (Å²) in [4.78, 5) is 34.9. The van der Waals surface area contributed by atoms with E-state index in [4.69, 9.17) is 29.9 Å². The summed E-state index contributed by atoms with van der Waals surface area (Å²) in [5, 5.41) is 0.900. The molecule has 0 aliphatic carbocycles. The summed E-state index contributed by atoms with van der Waals surface area (Å²) in [7, 11) is 0. The van der Waals surface area contributed by atoms with Gasteiger partial charge in [0.05, 0.1) is 22.3 Å². The van der Waals surface area contributed by atoms with E-state index >= 15 is 0 Å². The first-order valence-electron chi connectivity index (χ1n) is 21.4. The maximum Gasteiger partial charge on any atom is 0.416 e. The lowest BCUT2D eigenvalue weighted by Gasteiger charge is -2.13. The van der Waals surface area contributed by atoms with Crippen molar-refractivity contribution < 1.29 is 52.7 Å². The van der Waals surface area contributed by atoms with Crippen LogP contribution in [0.1, 0.15) is 45.0 Å². The van der Waals surface area contributed by atoms with Gasteiger partial charge in [0.15, 0.2) is 23.3 Å². The van der Waals surface area contributed by atoms with Crippen LogP contribution < -0.4 is 0 Å². The predicted molar refractivity (Wildman–Crippen MR) is 243 cm³/mol. The van der Waals surface area contributed by atoms with E-state index in [1.807, 2.05) is 0 Å². The SMILES string of the molecule is FC(F)(F)c1cccc(C2=C(c3cccc(C(F)(F)F)c3)c3nc2nc2[nH]c(nc4nc(nc5[nH]c(n3)c3ccccc53)-c3ccccc3-4)c(-c3cccc(C(F)(F)F)c3)c2-c2cccc(C(F)(F)F)c2)c1. The third-order valence-electron chi connectivity index (χ3n) is 11.9. The van der Waals surface area contributed by atoms with E-state index in [2.05, 4.69) is 9.97 Å². The Bertz CT molecular complexity index is 3900. The summed E-state index contributed by atoms with van der Waals surface area (Å²) in [6, 6.07) is 28.8. The summed E-state index contributed by atoms with van der Waals surface area (Å²) in [6.45, 7) is 0. The van der Waals surface area contributed by atoms with Crippen molar-refractivity contribution in [3.63, 3.8) is 0 Å². The van der Waals surface area contributed by atoms with E-state index < -0.39 is 58.4 Å². The van der Waals surface area contributed by atoms with Crippen LogP contribution in [0.15, 0.2) is 146 Å². The smallest absolute Gasteiger partial charge is 0.324 e. The molecule has 0 saturated heterocycles. The number of nitrogens with zero attached hydrogens (tertiary/aromatic N) is 6. The Morgan fingerprint density at radius 3 is 1.00 bits per heavy atom. The van der Waals surface area contributed by atoms with Crippen molar-refractivity contribution >= 4 is 44.5 Å². The first-order valence-corrected chi connectivity index (χ1v) is 21.4. The highest BCUT2D eigenvalue weighted by Gasteiger charge is 2.37. The van der Waals surface area contributed by atoms with Crippen LogP contribution in [0.2, 0.25) is 0 Å². The van der Waals surface area contributed by atoms with E-state index in [-0.39, 0.29) is 78.9 Å². The summed E-state index contributed by atoms with van der Waals surface area (Å²) in [5.74, 6) is -0.834. The van der Waals surface area contributed by atoms with Gasteiger partial charge in [-0.05, 0) is 70.8 Å². The van der Waals surface area contributed by atoms with E-state index in [0.717, 1.165) is 72.8 Å². The maximum atomic E-state index is 14.5. The molecule has 0 atom stereocenters. The number of fused-ring (bicyclic) bond motifs is 14. The standard InChI is InChI=1S/C52H26F12N8/c53-49(54,55)29-13-5-9-25(21-29)37-39(27-11-7-15-31(23-27)51(59,60)61)47-70-45(37)68-43-35-19-3-1-17-33(35)41(66-43)65-42-34-18-2-4-20-36(34)44(67-42)69-46-38(26-10-6-14-30(22-26)50(56,57)58)40(48(71-46)72-47)28-12-8-16-32(24-28)52(62,63)64/h1-24H,(H2,65,66,67,68,69,70,71,72). The van der Waals surface area contributed by atoms with Crippen molar-refractivity contribution in [2.24, 2.45) is 0 Å². The molecule has 358 valence electrons. The zero-order chi connectivity index (χ0) is 50.5. The Morgan fingerprint density at radius 1 is 0.292 bits per heavy atom. The fourth-order valence-electron chi connectivity index (χ4n) is 8.76. The van der Waals surface area contributed by atoms with Gasteiger partial charge >= 0.3 is 24.7 Å². The average molecular weight is 991 g/mol. The molecule has 20 heteroatoms. The van der Waals surface area contributed by atoms with Gasteiger partial charge in [-0.3, -0.25) is 0 Å². The molecule has 5 heterocycles. The predicted octanol–water partition coefficient (Wildman–Crippen LogP) is 14.8. The molecule has 2 aliphatic heterocycles. The molecule has 6 aromatic carbocycles. The van der Waals surface area contributed by atoms with Gasteiger partial charge in [-0.15, -0.1) is 0 Å². The number of hydrogen-bond acceptors (Lipinski definition) is 6. The highest BCUT2D eigenvalue weighted by Crippen LogP contribution is 2.46. The van der Waals surface area contributed by atoms with Gasteiger partial charge in [0.2, 0.25) is 0 Å². The molecular formula is C52H26F12N8. The van der Waals surface area contributed by atoms with Crippen molar-refractivity contribution in [1.82, 2.24) is 39.9 Å². The number of H-pyrrole nitrogens is 2. The molecule has 11 rings (SSSR count). The number of nitrogens with one attached hydrogen (secondary N) is 2. The van der Waals surface area contributed by atoms with Gasteiger partial charge in [-0.1, -0.05) is 97.1 Å². The number of rotatable bonds is 4. The van der Waals surface area contributed by atoms with Gasteiger partial charge in [0.1, 0.15) is 22.6 Å². The van der Waals surface area contributed by atoms with Crippen molar-refractivity contribution in [2.75, 3.05) is 0 Å². The zero-order valence-corrected chi connectivity index (χ0v) is 36.1. The number of benzene rings is 6. The fourth-order valence-corrected chi connectivity index (χ4v) is 8.76. The lowest BCUT2D eigenvalue weighted by Crippen LogP contribution is -2.06. The van der Waals surface area contributed by atoms with E-state index in [1.54, 1.807) is 48.5 Å². The van der Waals surface area contributed by atoms with Crippen LogP contribution in [-0.2, 0) is 24.7 Å². The number of aromatic nitrogens is 8. The normalized spacial score (nSPS) is 13.2. The van der Waals surface area contributed by atoms with Crippen molar-refractivity contribution in [3.05, 3.63) is 191 Å². The lowest BCUT2D eigenvalue weighted by molar-refractivity contribution is -0.138. The molecule has 9 aromatic rings. The fraction of sp³-hybridized carbons (Fsp3) is 0.0769. The van der Waals surface area contributed by atoms with Crippen LogP contribution in [0, 0.1) is 0 Å². The zero-order valence-electron chi connectivity index (χ0n) is 36.1. The number of hydrogen-bond donors (Lipinski definition) is 2. The number of aromatic amines is 2. The third-order valence-corrected chi connectivity index (χ3v) is 11.9. The maximum absolute atomic E-state index is 14.5. The van der Waals surface area contributed by atoms with Crippen molar-refractivity contribution in [1.29, 1.82) is 0 Å². The number of halogens is 12. The second-order valence-electron chi connectivity index (χ2n) is 16.5. The first-order chi connectivity index (χ1) is 34.2. The Hall–Kier alpha value is -8.68. The minimum Gasteiger partial charge on any atom is -0.324 e. The summed E-state index contributed by atoms with van der Waals surface area (Å²) >= 11 is 0. The van der Waals surface area contributed by atoms with Crippen LogP contribution in [0.3, 0.4) is 0 Å². The van der Waals surface area contributed by atoms with Gasteiger partial charge < -0.3 is 9.97 Å². The van der Waals surface area contributed by atoms with Crippen LogP contribution >= 0.6 is 0 Å². The van der Waals surface area contributed by atoms with Crippen LogP contribution in [0.25, 0.3) is 89.5 Å². The molecule has 2 aliphatic rings. The second kappa shape index (κ2) is 16.5. The van der Waals surface area contributed by atoms with E-state index in [1.165, 1.54) is 24.3 Å². The van der Waals surface area contributed by atoms with Crippen LogP contribution in [-0.4, -0.2) is 39.9 Å². The molecule has 72 heavy (non-hydrogen) atoms. The van der Waals surface area contributed by atoms with Gasteiger partial charge in [-0.2, -0.15) is 52.7 Å². The molecule has 2 N–H and O–H groups in total. The molecule has 0 spiro atoms. The summed E-state index contributed by atoms with van der Waals surface area (Å²) < 4.78 is 174. The molecule has 8 bridgehead atoms. The molecule has 0 amide bonds. The summed E-state index contributed by atoms with van der Waals surface area (Å²) in [6.07, 6.45) is -19.7. The average Bonchev–Trinajstić information content (AvgIpc) is 4.09. The van der Waals surface area contributed by atoms with Crippen molar-refractivity contribution in [2.45, 2.75) is 24.7 Å². The largest absolute Gasteiger partial charge is 0.416 e. The minimum atomic E-state index is -4.95. The topological polar surface area (TPSA) is 109 Å². The highest BCUT2D eigenvalue weighted by atomic mass is 19.4. The monoisotopic (exact) mass is 990 g/mol. The van der Waals surface area contributed by atoms with Crippen molar-refractivity contribution in [3.8, 4) is 45.0 Å². The lowest BCUT2D eigenvalue weighted by atomic mass is 9.93. The first kappa shape index (κ1) is 45.7. The quantitative estimate of drug-likeness (QED) is 0.170.